The van der Waals surface area contributed by atoms with E-state index in [1.807, 2.05) is 0 Å². The fourth-order valence-corrected chi connectivity index (χ4v) is 2.58. The second kappa shape index (κ2) is 4.96. The quantitative estimate of drug-likeness (QED) is 0.738. The number of carbonyl (C=O) groups excluding carboxylic acids is 2. The molecule has 0 saturated heterocycles. The van der Waals surface area contributed by atoms with Crippen LogP contribution in [0.25, 0.3) is 0 Å². The van der Waals surface area contributed by atoms with Crippen molar-refractivity contribution in [2.24, 2.45) is 0 Å². The second-order valence-electron chi connectivity index (χ2n) is 4.59. The molecule has 0 N–H and O–H groups in total. The fourth-order valence-electron chi connectivity index (χ4n) is 2.24. The predicted molar refractivity (Wildman–Crippen MR) is 63.1 cm³/mol. The number of alkyl halides is 3. The Labute approximate surface area is 112 Å². The predicted octanol–water partition coefficient (Wildman–Crippen LogP) is 3.76. The van der Waals surface area contributed by atoms with Gasteiger partial charge in [-0.3, -0.25) is 9.59 Å². The van der Waals surface area contributed by atoms with Crippen LogP contribution in [0.2, 0.25) is 5.02 Å². The topological polar surface area (TPSA) is 34.1 Å². The lowest BCUT2D eigenvalue weighted by molar-refractivity contribution is -0.137. The van der Waals surface area contributed by atoms with Crippen LogP contribution in [0.1, 0.15) is 36.3 Å². The molecule has 0 aromatic heterocycles. The minimum absolute atomic E-state index is 0.0534. The Hall–Kier alpha value is -1.36. The summed E-state index contributed by atoms with van der Waals surface area (Å²) in [5.41, 5.74) is -0.411. The van der Waals surface area contributed by atoms with Gasteiger partial charge in [-0.1, -0.05) is 17.7 Å². The summed E-state index contributed by atoms with van der Waals surface area (Å²) in [6.45, 7) is 0. The van der Waals surface area contributed by atoms with Crippen molar-refractivity contribution in [1.82, 2.24) is 0 Å². The monoisotopic (exact) mass is 290 g/mol. The third-order valence-corrected chi connectivity index (χ3v) is 3.44. The second-order valence-corrected chi connectivity index (χ2v) is 5.00. The Kier molecular flexibility index (Phi) is 3.67. The maximum absolute atomic E-state index is 12.5. The Balaban J connectivity index is 2.31. The largest absolute Gasteiger partial charge is 0.416 e. The van der Waals surface area contributed by atoms with E-state index in [0.29, 0.717) is 5.56 Å². The average molecular weight is 291 g/mol. The van der Waals surface area contributed by atoms with Crippen molar-refractivity contribution in [1.29, 1.82) is 0 Å². The van der Waals surface area contributed by atoms with Gasteiger partial charge >= 0.3 is 6.18 Å². The third kappa shape index (κ3) is 3.15. The Bertz CT molecular complexity index is 521. The number of benzene rings is 1. The van der Waals surface area contributed by atoms with Crippen LogP contribution in [0.3, 0.4) is 0 Å². The zero-order valence-corrected chi connectivity index (χ0v) is 10.5. The molecule has 102 valence electrons. The van der Waals surface area contributed by atoms with Crippen molar-refractivity contribution in [3.05, 3.63) is 34.3 Å². The normalized spacial score (nSPS) is 17.9. The first-order valence-corrected chi connectivity index (χ1v) is 6.05. The summed E-state index contributed by atoms with van der Waals surface area (Å²) in [5.74, 6) is -0.807. The smallest absolute Gasteiger partial charge is 0.299 e. The highest BCUT2D eigenvalue weighted by atomic mass is 35.5. The molecule has 19 heavy (non-hydrogen) atoms. The van der Waals surface area contributed by atoms with Gasteiger partial charge < -0.3 is 0 Å². The summed E-state index contributed by atoms with van der Waals surface area (Å²) < 4.78 is 37.5. The first kappa shape index (κ1) is 14.1. The molecule has 1 fully saturated rings. The molecule has 0 amide bonds. The van der Waals surface area contributed by atoms with Gasteiger partial charge in [0.2, 0.25) is 0 Å². The molecule has 0 atom stereocenters. The summed E-state index contributed by atoms with van der Waals surface area (Å²) in [4.78, 5) is 22.7. The van der Waals surface area contributed by atoms with Crippen LogP contribution < -0.4 is 0 Å². The lowest BCUT2D eigenvalue weighted by Gasteiger charge is -2.22. The van der Waals surface area contributed by atoms with E-state index in [2.05, 4.69) is 0 Å². The first-order valence-electron chi connectivity index (χ1n) is 5.67. The SMILES string of the molecule is O=C1CC(=O)CC(c2ccc(C(F)(F)F)cc2Cl)C1. The number of rotatable bonds is 1. The fraction of sp³-hybridized carbons (Fsp3) is 0.385. The van der Waals surface area contributed by atoms with Gasteiger partial charge in [0.25, 0.3) is 0 Å². The summed E-state index contributed by atoms with van der Waals surface area (Å²) in [7, 11) is 0. The van der Waals surface area contributed by atoms with Gasteiger partial charge in [0.15, 0.2) is 0 Å². The van der Waals surface area contributed by atoms with Crippen molar-refractivity contribution in [3.63, 3.8) is 0 Å². The first-order chi connectivity index (χ1) is 8.77. The van der Waals surface area contributed by atoms with Crippen molar-refractivity contribution in [2.75, 3.05) is 0 Å². The average Bonchev–Trinajstić information content (AvgIpc) is 2.26. The van der Waals surface area contributed by atoms with Crippen LogP contribution in [0.5, 0.6) is 0 Å². The summed E-state index contributed by atoms with van der Waals surface area (Å²) in [5, 5.41) is -0.0534. The van der Waals surface area contributed by atoms with E-state index < -0.39 is 17.7 Å². The lowest BCUT2D eigenvalue weighted by atomic mass is 9.82. The van der Waals surface area contributed by atoms with Gasteiger partial charge in [0, 0.05) is 17.9 Å². The summed E-state index contributed by atoms with van der Waals surface area (Å²) >= 11 is 5.84. The number of hydrogen-bond acceptors (Lipinski definition) is 2. The van der Waals surface area contributed by atoms with E-state index in [-0.39, 0.29) is 35.9 Å². The minimum Gasteiger partial charge on any atom is -0.299 e. The van der Waals surface area contributed by atoms with Crippen LogP contribution in [-0.4, -0.2) is 11.6 Å². The molecule has 0 bridgehead atoms. The molecule has 1 aromatic rings. The molecule has 0 heterocycles. The number of Topliss-reactive ketones (excluding diaryl/α,β-unsaturated/α-hetero) is 2. The molecule has 2 rings (SSSR count). The van der Waals surface area contributed by atoms with Gasteiger partial charge in [-0.05, 0) is 23.6 Å². The lowest BCUT2D eigenvalue weighted by Crippen LogP contribution is -2.21. The van der Waals surface area contributed by atoms with E-state index in [1.54, 1.807) is 0 Å². The van der Waals surface area contributed by atoms with E-state index >= 15 is 0 Å². The van der Waals surface area contributed by atoms with Crippen LogP contribution in [-0.2, 0) is 15.8 Å². The van der Waals surface area contributed by atoms with Crippen LogP contribution in [0.15, 0.2) is 18.2 Å². The van der Waals surface area contributed by atoms with Gasteiger partial charge in [0.05, 0.1) is 12.0 Å². The number of halogens is 4. The molecule has 0 spiro atoms. The Morgan fingerprint density at radius 2 is 1.68 bits per heavy atom. The zero-order valence-electron chi connectivity index (χ0n) is 9.76. The Morgan fingerprint density at radius 1 is 1.11 bits per heavy atom. The van der Waals surface area contributed by atoms with E-state index in [1.165, 1.54) is 6.07 Å². The molecule has 0 aliphatic heterocycles. The molecule has 0 unspecified atom stereocenters. The van der Waals surface area contributed by atoms with E-state index in [9.17, 15) is 22.8 Å². The van der Waals surface area contributed by atoms with Crippen molar-refractivity contribution in [3.8, 4) is 0 Å². The minimum atomic E-state index is -4.46. The van der Waals surface area contributed by atoms with Crippen LogP contribution in [0.4, 0.5) is 13.2 Å². The van der Waals surface area contributed by atoms with Crippen LogP contribution >= 0.6 is 11.6 Å². The number of hydrogen-bond donors (Lipinski definition) is 0. The number of ketones is 2. The highest BCUT2D eigenvalue weighted by molar-refractivity contribution is 6.31. The van der Waals surface area contributed by atoms with E-state index in [0.717, 1.165) is 12.1 Å². The summed E-state index contributed by atoms with van der Waals surface area (Å²) in [6, 6.07) is 3.01. The standard InChI is InChI=1S/C13H10ClF3O2/c14-12-5-8(13(15,16)17)1-2-11(12)7-3-9(18)6-10(19)4-7/h1-2,5,7H,3-4,6H2. The van der Waals surface area contributed by atoms with Crippen molar-refractivity contribution in [2.45, 2.75) is 31.4 Å². The molecule has 2 nitrogen and oxygen atoms in total. The highest BCUT2D eigenvalue weighted by Crippen LogP contribution is 2.37. The Morgan fingerprint density at radius 3 is 2.16 bits per heavy atom. The maximum Gasteiger partial charge on any atom is 0.416 e. The van der Waals surface area contributed by atoms with Gasteiger partial charge in [-0.15, -0.1) is 0 Å². The van der Waals surface area contributed by atoms with Crippen molar-refractivity contribution < 1.29 is 22.8 Å². The van der Waals surface area contributed by atoms with Crippen molar-refractivity contribution >= 4 is 23.2 Å². The number of carbonyl (C=O) groups is 2. The highest BCUT2D eigenvalue weighted by Gasteiger charge is 2.33. The maximum atomic E-state index is 12.5. The van der Waals surface area contributed by atoms with Gasteiger partial charge in [-0.25, -0.2) is 0 Å². The molecule has 0 radical (unpaired) electrons. The molecule has 6 heteroatoms. The van der Waals surface area contributed by atoms with Crippen LogP contribution in [0, 0.1) is 0 Å². The molecule has 1 aliphatic rings. The molecular weight excluding hydrogens is 281 g/mol. The van der Waals surface area contributed by atoms with Gasteiger partial charge in [0.1, 0.15) is 11.6 Å². The third-order valence-electron chi connectivity index (χ3n) is 3.11. The molecular formula is C13H10ClF3O2. The molecule has 1 saturated carbocycles. The van der Waals surface area contributed by atoms with E-state index in [4.69, 9.17) is 11.6 Å². The van der Waals surface area contributed by atoms with Gasteiger partial charge in [-0.2, -0.15) is 13.2 Å². The molecule has 1 aromatic carbocycles. The zero-order chi connectivity index (χ0) is 14.2. The molecule has 1 aliphatic carbocycles. The summed E-state index contributed by atoms with van der Waals surface area (Å²) in [6.07, 6.45) is -4.25.